The highest BCUT2D eigenvalue weighted by atomic mass is 16.3. The molecule has 0 saturated carbocycles. The Morgan fingerprint density at radius 2 is 1.17 bits per heavy atom. The molecule has 4 N–H and O–H groups in total. The molecule has 2 heterocycles. The summed E-state index contributed by atoms with van der Waals surface area (Å²) in [6, 6.07) is 18.0. The van der Waals surface area contributed by atoms with Crippen LogP contribution < -0.4 is 16.0 Å². The summed E-state index contributed by atoms with van der Waals surface area (Å²) in [5, 5.41) is 18.7. The first-order valence-corrected chi connectivity index (χ1v) is 22.3. The van der Waals surface area contributed by atoms with Gasteiger partial charge < -0.3 is 40.7 Å². The van der Waals surface area contributed by atoms with Crippen LogP contribution in [0, 0.1) is 11.8 Å². The van der Waals surface area contributed by atoms with Crippen LogP contribution in [0.5, 0.6) is 5.75 Å². The lowest BCUT2D eigenvalue weighted by atomic mass is 9.95. The Hall–Kier alpha value is -6.25. The molecule has 0 aliphatic carbocycles. The second kappa shape index (κ2) is 22.4. The van der Waals surface area contributed by atoms with Crippen molar-refractivity contribution in [3.8, 4) is 5.75 Å². The van der Waals surface area contributed by atoms with E-state index in [0.717, 1.165) is 11.1 Å². The first-order valence-electron chi connectivity index (χ1n) is 22.3. The van der Waals surface area contributed by atoms with Crippen LogP contribution in [0.1, 0.15) is 70.1 Å². The quantitative estimate of drug-likeness (QED) is 0.239. The van der Waals surface area contributed by atoms with Crippen LogP contribution in [0.15, 0.2) is 84.9 Å². The molecule has 3 aromatic carbocycles. The van der Waals surface area contributed by atoms with Gasteiger partial charge in [-0.1, -0.05) is 107 Å². The molecule has 2 saturated heterocycles. The standard InChI is InChI=1S/C49H65N7O8/c1-8-32(4)43-45(60)51-37(26-31(2)3)46(61)55(7)41(29-34-18-13-10-14-19-34)49(64)56-25-15-20-39(56)48(63)53(5)30-42(58)50-38(27-33-16-11-9-12-17-33)47(62)54(6)40(44(59)52-43)28-35-21-23-36(57)24-22-35/h9-14,16-19,21-24,31-32,37-41,43,57H,8,15,20,25-30H2,1-7H3,(H,50,58)(H,51,60)(H,52,59)/t32-,37-,38-,39-,40-,41+,43?/m0/s1. The smallest absolute Gasteiger partial charge is 0.246 e. The van der Waals surface area contributed by atoms with Gasteiger partial charge in [-0.3, -0.25) is 33.6 Å². The van der Waals surface area contributed by atoms with Crippen LogP contribution in [0.25, 0.3) is 0 Å². The number of carbonyl (C=O) groups is 7. The first kappa shape index (κ1) is 48.8. The van der Waals surface area contributed by atoms with Gasteiger partial charge in [0.1, 0.15) is 42.0 Å². The largest absolute Gasteiger partial charge is 0.508 e. The lowest BCUT2D eigenvalue weighted by Crippen LogP contribution is -2.61. The molecule has 344 valence electrons. The lowest BCUT2D eigenvalue weighted by molar-refractivity contribution is -0.150. The van der Waals surface area contributed by atoms with Crippen LogP contribution in [-0.4, -0.2) is 137 Å². The highest BCUT2D eigenvalue weighted by Gasteiger charge is 2.43. The summed E-state index contributed by atoms with van der Waals surface area (Å²) in [5.74, 6) is -4.36. The van der Waals surface area contributed by atoms with E-state index in [1.807, 2.05) is 88.4 Å². The van der Waals surface area contributed by atoms with Gasteiger partial charge in [0.15, 0.2) is 0 Å². The van der Waals surface area contributed by atoms with Gasteiger partial charge in [0.05, 0.1) is 6.54 Å². The molecule has 1 unspecified atom stereocenters. The number of likely N-dealkylation sites (N-methyl/N-ethyl adjacent to an activating group) is 3. The van der Waals surface area contributed by atoms with Crippen molar-refractivity contribution >= 4 is 41.4 Å². The summed E-state index contributed by atoms with van der Waals surface area (Å²) in [5.41, 5.74) is 2.14. The van der Waals surface area contributed by atoms with E-state index >= 15 is 0 Å². The van der Waals surface area contributed by atoms with Crippen molar-refractivity contribution < 1.29 is 38.7 Å². The number of hydrogen-bond donors (Lipinski definition) is 4. The molecule has 5 rings (SSSR count). The van der Waals surface area contributed by atoms with E-state index in [4.69, 9.17) is 0 Å². The van der Waals surface area contributed by atoms with Crippen LogP contribution in [0.3, 0.4) is 0 Å². The topological polar surface area (TPSA) is 189 Å². The number of rotatable bonds is 10. The molecule has 0 bridgehead atoms. The van der Waals surface area contributed by atoms with E-state index in [1.165, 1.54) is 52.9 Å². The molecule has 15 nitrogen and oxygen atoms in total. The van der Waals surface area contributed by atoms with Crippen molar-refractivity contribution in [3.63, 3.8) is 0 Å². The van der Waals surface area contributed by atoms with Gasteiger partial charge in [-0.25, -0.2) is 0 Å². The minimum absolute atomic E-state index is 0.0135. The highest BCUT2D eigenvalue weighted by Crippen LogP contribution is 2.24. The zero-order valence-corrected chi connectivity index (χ0v) is 38.2. The molecule has 64 heavy (non-hydrogen) atoms. The number of phenols is 1. The molecule has 2 fully saturated rings. The number of hydrogen-bond acceptors (Lipinski definition) is 8. The van der Waals surface area contributed by atoms with Crippen LogP contribution in [0.4, 0.5) is 0 Å². The molecule has 7 atom stereocenters. The molecule has 0 aromatic heterocycles. The van der Waals surface area contributed by atoms with Crippen LogP contribution in [0.2, 0.25) is 0 Å². The van der Waals surface area contributed by atoms with E-state index < -0.39 is 90.1 Å². The zero-order chi connectivity index (χ0) is 46.7. The summed E-state index contributed by atoms with van der Waals surface area (Å²) in [6.45, 7) is 7.36. The number of amides is 7. The fourth-order valence-electron chi connectivity index (χ4n) is 8.51. The van der Waals surface area contributed by atoms with E-state index in [1.54, 1.807) is 12.1 Å². The van der Waals surface area contributed by atoms with Crippen molar-refractivity contribution in [1.82, 2.24) is 35.6 Å². The summed E-state index contributed by atoms with van der Waals surface area (Å²) in [6.07, 6.45) is 1.75. The third kappa shape index (κ3) is 12.5. The average Bonchev–Trinajstić information content (AvgIpc) is 3.78. The minimum atomic E-state index is -1.21. The predicted octanol–water partition coefficient (Wildman–Crippen LogP) is 3.08. The third-order valence-electron chi connectivity index (χ3n) is 12.5. The average molecular weight is 880 g/mol. The van der Waals surface area contributed by atoms with Gasteiger partial charge in [-0.05, 0) is 59.9 Å². The maximum Gasteiger partial charge on any atom is 0.246 e. The van der Waals surface area contributed by atoms with Gasteiger partial charge in [0.25, 0.3) is 0 Å². The molecule has 0 radical (unpaired) electrons. The van der Waals surface area contributed by atoms with Crippen molar-refractivity contribution in [3.05, 3.63) is 102 Å². The molecule has 2 aliphatic rings. The van der Waals surface area contributed by atoms with E-state index in [-0.39, 0.29) is 43.9 Å². The Morgan fingerprint density at radius 3 is 1.77 bits per heavy atom. The maximum absolute atomic E-state index is 14.8. The molecule has 0 spiro atoms. The molecular weight excluding hydrogens is 815 g/mol. The number of nitrogens with one attached hydrogen (secondary N) is 3. The molecular formula is C49H65N7O8. The monoisotopic (exact) mass is 879 g/mol. The van der Waals surface area contributed by atoms with Gasteiger partial charge in [0, 0.05) is 47.0 Å². The second-order valence-corrected chi connectivity index (χ2v) is 17.7. The minimum Gasteiger partial charge on any atom is -0.508 e. The normalized spacial score (nSPS) is 24.2. The molecule has 15 heteroatoms. The number of fused-ring (bicyclic) bond motifs is 1. The molecule has 3 aromatic rings. The van der Waals surface area contributed by atoms with Gasteiger partial charge in [-0.2, -0.15) is 0 Å². The summed E-state index contributed by atoms with van der Waals surface area (Å²) in [7, 11) is 4.47. The number of aromatic hydroxyl groups is 1. The third-order valence-corrected chi connectivity index (χ3v) is 12.5. The van der Waals surface area contributed by atoms with Crippen LogP contribution in [-0.2, 0) is 52.8 Å². The number of phenolic OH excluding ortho intramolecular Hbond substituents is 1. The van der Waals surface area contributed by atoms with Gasteiger partial charge in [-0.15, -0.1) is 0 Å². The summed E-state index contributed by atoms with van der Waals surface area (Å²) < 4.78 is 0. The summed E-state index contributed by atoms with van der Waals surface area (Å²) in [4.78, 5) is 107. The Bertz CT molecular complexity index is 2100. The number of benzene rings is 3. The Kier molecular flexibility index (Phi) is 17.1. The predicted molar refractivity (Wildman–Crippen MR) is 242 cm³/mol. The SMILES string of the molecule is CC[C@H](C)C1NC(=O)[C@H](Cc2ccc(O)cc2)N(C)C(=O)[C@H](Cc2ccccc2)NC(=O)CN(C)C(=O)[C@@H]2CCCN2C(=O)[C@@H](Cc2ccccc2)N(C)C(=O)[C@H](CC(C)C)NC1=O. The Labute approximate surface area is 376 Å². The fourth-order valence-corrected chi connectivity index (χ4v) is 8.51. The summed E-state index contributed by atoms with van der Waals surface area (Å²) >= 11 is 0. The fraction of sp³-hybridized carbons (Fsp3) is 0.490. The molecule has 2 aliphatic heterocycles. The molecule has 7 amide bonds. The van der Waals surface area contributed by atoms with Crippen molar-refractivity contribution in [2.75, 3.05) is 34.2 Å². The Morgan fingerprint density at radius 1 is 0.625 bits per heavy atom. The highest BCUT2D eigenvalue weighted by molar-refractivity contribution is 5.98. The van der Waals surface area contributed by atoms with E-state index in [9.17, 15) is 38.7 Å². The maximum atomic E-state index is 14.8. The van der Waals surface area contributed by atoms with Crippen LogP contribution >= 0.6 is 0 Å². The van der Waals surface area contributed by atoms with Crippen molar-refractivity contribution in [1.29, 1.82) is 0 Å². The number of carbonyl (C=O) groups excluding carboxylic acids is 7. The Balaban J connectivity index is 1.61. The first-order chi connectivity index (χ1) is 30.5. The van der Waals surface area contributed by atoms with Gasteiger partial charge >= 0.3 is 0 Å². The van der Waals surface area contributed by atoms with Crippen molar-refractivity contribution in [2.45, 2.75) is 109 Å². The number of nitrogens with zero attached hydrogens (tertiary/aromatic N) is 4. The van der Waals surface area contributed by atoms with E-state index in [0.29, 0.717) is 24.8 Å². The van der Waals surface area contributed by atoms with Gasteiger partial charge in [0.2, 0.25) is 41.4 Å². The lowest BCUT2D eigenvalue weighted by Gasteiger charge is -2.36. The van der Waals surface area contributed by atoms with Crippen molar-refractivity contribution in [2.24, 2.45) is 11.8 Å². The zero-order valence-electron chi connectivity index (χ0n) is 38.2. The second-order valence-electron chi connectivity index (χ2n) is 17.7. The van der Waals surface area contributed by atoms with E-state index in [2.05, 4.69) is 16.0 Å².